The van der Waals surface area contributed by atoms with E-state index < -0.39 is 47.1 Å². The van der Waals surface area contributed by atoms with Crippen molar-refractivity contribution in [2.45, 2.75) is 25.8 Å². The zero-order valence-corrected chi connectivity index (χ0v) is 11.5. The van der Waals surface area contributed by atoms with Crippen LogP contribution >= 0.6 is 0 Å². The van der Waals surface area contributed by atoms with E-state index >= 15 is 0 Å². The highest BCUT2D eigenvalue weighted by atomic mass is 19.2. The van der Waals surface area contributed by atoms with E-state index in [0.717, 1.165) is 0 Å². The Kier molecular flexibility index (Phi) is 5.54. The first-order valence-electron chi connectivity index (χ1n) is 6.17. The smallest absolute Gasteiger partial charge is 0.327 e. The number of benzene rings is 1. The maximum Gasteiger partial charge on any atom is 0.327 e. The molecule has 1 atom stereocenters. The molecule has 0 spiro atoms. The third-order valence-electron chi connectivity index (χ3n) is 2.81. The van der Waals surface area contributed by atoms with E-state index in [-0.39, 0.29) is 6.07 Å². The van der Waals surface area contributed by atoms with Gasteiger partial charge < -0.3 is 9.84 Å². The summed E-state index contributed by atoms with van der Waals surface area (Å²) in [5, 5.41) is 11.7. The summed E-state index contributed by atoms with van der Waals surface area (Å²) in [6.07, 6.45) is 0.611. The van der Waals surface area contributed by atoms with Crippen LogP contribution in [0.5, 0.6) is 5.75 Å². The minimum atomic E-state index is -1.71. The van der Waals surface area contributed by atoms with E-state index in [4.69, 9.17) is 5.11 Å². The van der Waals surface area contributed by atoms with E-state index in [2.05, 4.69) is 10.1 Å². The Balaban J connectivity index is 2.98. The van der Waals surface area contributed by atoms with Gasteiger partial charge in [-0.2, -0.15) is 8.78 Å². The minimum Gasteiger partial charge on any atom is -0.485 e. The van der Waals surface area contributed by atoms with E-state index in [1.54, 1.807) is 6.92 Å². The van der Waals surface area contributed by atoms with Crippen molar-refractivity contribution >= 4 is 5.97 Å². The number of rotatable bonds is 7. The van der Waals surface area contributed by atoms with Gasteiger partial charge in [-0.25, -0.2) is 8.78 Å². The molecule has 0 saturated heterocycles. The van der Waals surface area contributed by atoms with Crippen LogP contribution in [0.4, 0.5) is 17.6 Å². The summed E-state index contributed by atoms with van der Waals surface area (Å²) in [5.74, 6) is -9.27. The highest BCUT2D eigenvalue weighted by Crippen LogP contribution is 2.27. The lowest BCUT2D eigenvalue weighted by molar-refractivity contribution is -0.145. The molecule has 2 N–H and O–H groups in total. The van der Waals surface area contributed by atoms with Crippen molar-refractivity contribution in [3.8, 4) is 5.75 Å². The molecular formula is C13H15F4NO3. The molecule has 1 aromatic carbocycles. The fourth-order valence-electron chi connectivity index (χ4n) is 1.48. The van der Waals surface area contributed by atoms with Gasteiger partial charge in [0.1, 0.15) is 12.1 Å². The molecule has 0 saturated carbocycles. The quantitative estimate of drug-likeness (QED) is 0.600. The first-order chi connectivity index (χ1) is 9.73. The summed E-state index contributed by atoms with van der Waals surface area (Å²) in [4.78, 5) is 11.2. The Labute approximate surface area is 118 Å². The van der Waals surface area contributed by atoms with E-state index in [0.29, 0.717) is 13.0 Å². The molecule has 0 aliphatic heterocycles. The number of hydrogen-bond donors (Lipinski definition) is 2. The maximum atomic E-state index is 13.4. The van der Waals surface area contributed by atoms with Crippen LogP contribution in [0.25, 0.3) is 0 Å². The highest BCUT2D eigenvalue weighted by molar-refractivity contribution is 5.78. The Bertz CT molecular complexity index is 512. The molecule has 1 unspecified atom stereocenters. The number of halogens is 4. The Morgan fingerprint density at radius 1 is 1.29 bits per heavy atom. The van der Waals surface area contributed by atoms with Gasteiger partial charge in [-0.15, -0.1) is 0 Å². The predicted octanol–water partition coefficient (Wildman–Crippen LogP) is 2.46. The van der Waals surface area contributed by atoms with Crippen LogP contribution in [0, 0.1) is 23.3 Å². The normalized spacial score (nSPS) is 13.8. The molecule has 0 amide bonds. The number of carboxylic acid groups (broad SMARTS) is 1. The zero-order chi connectivity index (χ0) is 16.2. The molecule has 21 heavy (non-hydrogen) atoms. The third kappa shape index (κ3) is 3.84. The van der Waals surface area contributed by atoms with Gasteiger partial charge in [0.2, 0.25) is 11.6 Å². The van der Waals surface area contributed by atoms with Crippen molar-refractivity contribution in [3.63, 3.8) is 0 Å². The van der Waals surface area contributed by atoms with Crippen LogP contribution in [0.2, 0.25) is 0 Å². The van der Waals surface area contributed by atoms with Crippen molar-refractivity contribution < 1.29 is 32.2 Å². The standard InChI is InChI=1S/C13H15F4NO3/c1-3-4-18-13(2,12(19)20)6-21-11-9(16)7(14)5-8(15)10(11)17/h5,18H,3-4,6H2,1-2H3,(H,19,20). The number of carboxylic acids is 1. The first kappa shape index (κ1) is 17.2. The molecule has 0 fully saturated rings. The largest absolute Gasteiger partial charge is 0.485 e. The topological polar surface area (TPSA) is 58.6 Å². The van der Waals surface area contributed by atoms with Gasteiger partial charge in [-0.1, -0.05) is 6.92 Å². The number of ether oxygens (including phenoxy) is 1. The monoisotopic (exact) mass is 309 g/mol. The first-order valence-corrected chi connectivity index (χ1v) is 6.17. The average molecular weight is 309 g/mol. The van der Waals surface area contributed by atoms with Crippen LogP contribution < -0.4 is 10.1 Å². The predicted molar refractivity (Wildman–Crippen MR) is 66.1 cm³/mol. The molecule has 0 aliphatic rings. The van der Waals surface area contributed by atoms with Crippen molar-refractivity contribution in [2.75, 3.05) is 13.2 Å². The van der Waals surface area contributed by atoms with Gasteiger partial charge >= 0.3 is 5.97 Å². The molecular weight excluding hydrogens is 294 g/mol. The highest BCUT2D eigenvalue weighted by Gasteiger charge is 2.34. The molecule has 118 valence electrons. The van der Waals surface area contributed by atoms with E-state index in [9.17, 15) is 22.4 Å². The maximum absolute atomic E-state index is 13.4. The summed E-state index contributed by atoms with van der Waals surface area (Å²) >= 11 is 0. The summed E-state index contributed by atoms with van der Waals surface area (Å²) < 4.78 is 57.5. The van der Waals surface area contributed by atoms with Gasteiger partial charge in [0.15, 0.2) is 17.4 Å². The number of carbonyl (C=O) groups is 1. The molecule has 0 bridgehead atoms. The zero-order valence-electron chi connectivity index (χ0n) is 11.5. The van der Waals surface area contributed by atoms with E-state index in [1.165, 1.54) is 6.92 Å². The van der Waals surface area contributed by atoms with Gasteiger partial charge in [0, 0.05) is 6.07 Å². The summed E-state index contributed by atoms with van der Waals surface area (Å²) in [5.41, 5.74) is -1.66. The van der Waals surface area contributed by atoms with Crippen LogP contribution in [0.15, 0.2) is 6.07 Å². The minimum absolute atomic E-state index is 0.0449. The molecule has 0 aliphatic carbocycles. The molecule has 1 aromatic rings. The lowest BCUT2D eigenvalue weighted by Gasteiger charge is -2.26. The second-order valence-electron chi connectivity index (χ2n) is 4.65. The fraction of sp³-hybridized carbons (Fsp3) is 0.462. The van der Waals surface area contributed by atoms with Crippen LogP contribution in [-0.2, 0) is 4.79 Å². The second-order valence-corrected chi connectivity index (χ2v) is 4.65. The lowest BCUT2D eigenvalue weighted by Crippen LogP contribution is -2.54. The van der Waals surface area contributed by atoms with Crippen molar-refractivity contribution in [2.24, 2.45) is 0 Å². The summed E-state index contributed by atoms with van der Waals surface area (Å²) in [6, 6.07) is 0.0449. The van der Waals surface area contributed by atoms with Gasteiger partial charge in [-0.3, -0.25) is 10.1 Å². The molecule has 0 aromatic heterocycles. The molecule has 4 nitrogen and oxygen atoms in total. The molecule has 8 heteroatoms. The van der Waals surface area contributed by atoms with E-state index in [1.807, 2.05) is 0 Å². The van der Waals surface area contributed by atoms with Crippen LogP contribution in [0.3, 0.4) is 0 Å². The average Bonchev–Trinajstić information content (AvgIpc) is 2.42. The number of aliphatic carboxylic acids is 1. The lowest BCUT2D eigenvalue weighted by atomic mass is 10.0. The summed E-state index contributed by atoms with van der Waals surface area (Å²) in [7, 11) is 0. The Hall–Kier alpha value is -1.83. The number of nitrogens with one attached hydrogen (secondary N) is 1. The summed E-state index contributed by atoms with van der Waals surface area (Å²) in [6.45, 7) is 2.63. The molecule has 0 radical (unpaired) electrons. The van der Waals surface area contributed by atoms with Crippen molar-refractivity contribution in [1.29, 1.82) is 0 Å². The van der Waals surface area contributed by atoms with Gasteiger partial charge in [0.05, 0.1) is 0 Å². The van der Waals surface area contributed by atoms with Gasteiger partial charge in [0.25, 0.3) is 0 Å². The second kappa shape index (κ2) is 6.75. The fourth-order valence-corrected chi connectivity index (χ4v) is 1.48. The van der Waals surface area contributed by atoms with Crippen molar-refractivity contribution in [1.82, 2.24) is 5.32 Å². The SMILES string of the molecule is CCCNC(C)(COc1c(F)c(F)cc(F)c1F)C(=O)O. The van der Waals surface area contributed by atoms with Crippen LogP contribution in [0.1, 0.15) is 20.3 Å². The van der Waals surface area contributed by atoms with Gasteiger partial charge in [-0.05, 0) is 19.9 Å². The van der Waals surface area contributed by atoms with Crippen LogP contribution in [-0.4, -0.2) is 29.8 Å². The molecule has 0 heterocycles. The Morgan fingerprint density at radius 2 is 1.81 bits per heavy atom. The Morgan fingerprint density at radius 3 is 2.24 bits per heavy atom. The third-order valence-corrected chi connectivity index (χ3v) is 2.81. The molecule has 1 rings (SSSR count). The van der Waals surface area contributed by atoms with Crippen molar-refractivity contribution in [3.05, 3.63) is 29.3 Å². The number of hydrogen-bond acceptors (Lipinski definition) is 3.